The van der Waals surface area contributed by atoms with Gasteiger partial charge in [0, 0.05) is 5.92 Å². The minimum absolute atomic E-state index is 0.168. The van der Waals surface area contributed by atoms with E-state index in [1.54, 1.807) is 0 Å². The lowest BCUT2D eigenvalue weighted by molar-refractivity contribution is 0.654. The summed E-state index contributed by atoms with van der Waals surface area (Å²) in [6.07, 6.45) is 0.928. The molecule has 0 N–H and O–H groups in total. The standard InChI is InChI=1S/C40H32/c1-29(30-16-6-2-7-17-30)39(37-28-32-20-14-18-31-19-15-27-36(37)38(31)32)40(33-21-8-3-9-22-33,34-23-10-4-11-24-34)35-25-12-5-13-26-35/h2-27,29H,28H2,1H3. The summed E-state index contributed by atoms with van der Waals surface area (Å²) >= 11 is 0. The van der Waals surface area contributed by atoms with Crippen LogP contribution >= 0.6 is 0 Å². The smallest absolute Gasteiger partial charge is 0.0622 e. The van der Waals surface area contributed by atoms with Crippen LogP contribution in [0.4, 0.5) is 0 Å². The van der Waals surface area contributed by atoms with Gasteiger partial charge in [0.25, 0.3) is 0 Å². The van der Waals surface area contributed by atoms with Gasteiger partial charge in [0.2, 0.25) is 0 Å². The van der Waals surface area contributed by atoms with E-state index < -0.39 is 5.41 Å². The van der Waals surface area contributed by atoms with Crippen molar-refractivity contribution in [2.24, 2.45) is 0 Å². The predicted octanol–water partition coefficient (Wildman–Crippen LogP) is 9.99. The highest BCUT2D eigenvalue weighted by molar-refractivity contribution is 6.03. The maximum atomic E-state index is 2.41. The Balaban J connectivity index is 1.68. The van der Waals surface area contributed by atoms with E-state index in [0.29, 0.717) is 0 Å². The van der Waals surface area contributed by atoms with Crippen LogP contribution in [0, 0.1) is 0 Å². The number of rotatable bonds is 6. The predicted molar refractivity (Wildman–Crippen MR) is 169 cm³/mol. The van der Waals surface area contributed by atoms with Crippen molar-refractivity contribution >= 4 is 16.3 Å². The van der Waals surface area contributed by atoms with Gasteiger partial charge in [-0.1, -0.05) is 165 Å². The first-order chi connectivity index (χ1) is 19.8. The van der Waals surface area contributed by atoms with Gasteiger partial charge < -0.3 is 0 Å². The van der Waals surface area contributed by atoms with Gasteiger partial charge in [-0.3, -0.25) is 0 Å². The number of allylic oxidation sites excluding steroid dienone is 2. The topological polar surface area (TPSA) is 0 Å². The lowest BCUT2D eigenvalue weighted by Crippen LogP contribution is -2.35. The van der Waals surface area contributed by atoms with Gasteiger partial charge in [-0.15, -0.1) is 0 Å². The molecular weight excluding hydrogens is 480 g/mol. The van der Waals surface area contributed by atoms with Crippen molar-refractivity contribution in [3.63, 3.8) is 0 Å². The quantitative estimate of drug-likeness (QED) is 0.195. The van der Waals surface area contributed by atoms with Gasteiger partial charge in [-0.25, -0.2) is 0 Å². The van der Waals surface area contributed by atoms with E-state index in [2.05, 4.69) is 165 Å². The van der Waals surface area contributed by atoms with E-state index in [-0.39, 0.29) is 5.92 Å². The van der Waals surface area contributed by atoms with Crippen LogP contribution in [-0.4, -0.2) is 0 Å². The monoisotopic (exact) mass is 512 g/mol. The minimum Gasteiger partial charge on any atom is -0.0622 e. The maximum Gasteiger partial charge on any atom is 0.0673 e. The Morgan fingerprint density at radius 3 is 1.52 bits per heavy atom. The van der Waals surface area contributed by atoms with Gasteiger partial charge in [-0.05, 0) is 61.7 Å². The first kappa shape index (κ1) is 24.4. The van der Waals surface area contributed by atoms with E-state index in [9.17, 15) is 0 Å². The van der Waals surface area contributed by atoms with Crippen molar-refractivity contribution in [1.82, 2.24) is 0 Å². The molecule has 0 radical (unpaired) electrons. The Bertz CT molecular complexity index is 1690. The molecule has 6 aromatic rings. The Hall–Kier alpha value is -4.68. The van der Waals surface area contributed by atoms with Crippen LogP contribution < -0.4 is 0 Å². The van der Waals surface area contributed by atoms with Crippen molar-refractivity contribution in [2.45, 2.75) is 24.7 Å². The third kappa shape index (κ3) is 3.83. The third-order valence-electron chi connectivity index (χ3n) is 8.77. The first-order valence-corrected chi connectivity index (χ1v) is 14.2. The van der Waals surface area contributed by atoms with Crippen molar-refractivity contribution in [2.75, 3.05) is 0 Å². The van der Waals surface area contributed by atoms with E-state index in [1.165, 1.54) is 55.3 Å². The average molecular weight is 513 g/mol. The third-order valence-corrected chi connectivity index (χ3v) is 8.77. The summed E-state index contributed by atoms with van der Waals surface area (Å²) in [4.78, 5) is 0. The van der Waals surface area contributed by atoms with E-state index in [1.807, 2.05) is 0 Å². The van der Waals surface area contributed by atoms with Crippen LogP contribution in [-0.2, 0) is 11.8 Å². The van der Waals surface area contributed by atoms with Crippen LogP contribution in [0.5, 0.6) is 0 Å². The molecule has 1 unspecified atom stereocenters. The van der Waals surface area contributed by atoms with Crippen LogP contribution in [0.3, 0.4) is 0 Å². The molecule has 0 heteroatoms. The largest absolute Gasteiger partial charge is 0.0673 e. The fourth-order valence-electron chi connectivity index (χ4n) is 7.10. The average Bonchev–Trinajstić information content (AvgIpc) is 3.41. The molecule has 0 saturated heterocycles. The highest BCUT2D eigenvalue weighted by atomic mass is 14.5. The lowest BCUT2D eigenvalue weighted by Gasteiger charge is -2.42. The Labute approximate surface area is 237 Å². The molecule has 0 amide bonds. The number of hydrogen-bond acceptors (Lipinski definition) is 0. The molecule has 0 saturated carbocycles. The Morgan fingerprint density at radius 1 is 0.525 bits per heavy atom. The summed E-state index contributed by atoms with van der Waals surface area (Å²) in [7, 11) is 0. The molecule has 0 aromatic heterocycles. The molecular formula is C40H32. The summed E-state index contributed by atoms with van der Waals surface area (Å²) < 4.78 is 0. The Kier molecular flexibility index (Phi) is 6.17. The molecule has 192 valence electrons. The lowest BCUT2D eigenvalue weighted by atomic mass is 9.59. The van der Waals surface area contributed by atoms with Crippen molar-refractivity contribution in [3.05, 3.63) is 197 Å². The van der Waals surface area contributed by atoms with Gasteiger partial charge in [0.15, 0.2) is 0 Å². The second-order valence-electron chi connectivity index (χ2n) is 10.9. The zero-order valence-corrected chi connectivity index (χ0v) is 22.8. The van der Waals surface area contributed by atoms with Crippen molar-refractivity contribution in [3.8, 4) is 0 Å². The molecule has 1 aliphatic rings. The molecule has 40 heavy (non-hydrogen) atoms. The normalized spacial score (nSPS) is 14.7. The van der Waals surface area contributed by atoms with Crippen LogP contribution in [0.25, 0.3) is 16.3 Å². The van der Waals surface area contributed by atoms with Crippen LogP contribution in [0.2, 0.25) is 0 Å². The molecule has 0 aliphatic heterocycles. The fourth-order valence-corrected chi connectivity index (χ4v) is 7.10. The van der Waals surface area contributed by atoms with E-state index in [0.717, 1.165) is 6.42 Å². The minimum atomic E-state index is -0.488. The molecule has 1 aliphatic carbocycles. The van der Waals surface area contributed by atoms with Crippen LogP contribution in [0.15, 0.2) is 163 Å². The second kappa shape index (κ2) is 10.1. The van der Waals surface area contributed by atoms with Gasteiger partial charge in [0.05, 0.1) is 5.41 Å². The zero-order valence-electron chi connectivity index (χ0n) is 22.8. The number of benzene rings is 6. The van der Waals surface area contributed by atoms with E-state index >= 15 is 0 Å². The summed E-state index contributed by atoms with van der Waals surface area (Å²) in [5.41, 5.74) is 10.4. The fraction of sp³-hybridized carbons (Fsp3) is 0.100. The summed E-state index contributed by atoms with van der Waals surface area (Å²) in [5.74, 6) is 0.168. The van der Waals surface area contributed by atoms with Crippen molar-refractivity contribution in [1.29, 1.82) is 0 Å². The molecule has 0 heterocycles. The molecule has 1 atom stereocenters. The zero-order chi connectivity index (χ0) is 26.9. The maximum absolute atomic E-state index is 2.41. The van der Waals surface area contributed by atoms with Crippen molar-refractivity contribution < 1.29 is 0 Å². The highest BCUT2D eigenvalue weighted by Gasteiger charge is 2.44. The van der Waals surface area contributed by atoms with Crippen LogP contribution in [0.1, 0.15) is 46.2 Å². The molecule has 7 rings (SSSR count). The Morgan fingerprint density at radius 2 is 1.00 bits per heavy atom. The van der Waals surface area contributed by atoms with Gasteiger partial charge in [0.1, 0.15) is 0 Å². The van der Waals surface area contributed by atoms with E-state index in [4.69, 9.17) is 0 Å². The molecule has 0 bridgehead atoms. The summed E-state index contributed by atoms with van der Waals surface area (Å²) in [6.45, 7) is 2.41. The van der Waals surface area contributed by atoms with Gasteiger partial charge in [-0.2, -0.15) is 0 Å². The SMILES string of the molecule is CC(C(=C1Cc2cccc3cccc1c23)C(c1ccccc1)(c1ccccc1)c1ccccc1)c1ccccc1. The van der Waals surface area contributed by atoms with Gasteiger partial charge >= 0.3 is 0 Å². The summed E-state index contributed by atoms with van der Waals surface area (Å²) in [6, 6.07) is 58.1. The second-order valence-corrected chi connectivity index (χ2v) is 10.9. The first-order valence-electron chi connectivity index (χ1n) is 14.2. The molecule has 6 aromatic carbocycles. The molecule has 0 fully saturated rings. The summed E-state index contributed by atoms with van der Waals surface area (Å²) in [5, 5.41) is 2.72. The highest BCUT2D eigenvalue weighted by Crippen LogP contribution is 2.55. The molecule has 0 nitrogen and oxygen atoms in total. The molecule has 0 spiro atoms. The number of hydrogen-bond donors (Lipinski definition) is 0.